The fourth-order valence-corrected chi connectivity index (χ4v) is 4.28. The van der Waals surface area contributed by atoms with Gasteiger partial charge in [0.1, 0.15) is 12.1 Å². The first-order chi connectivity index (χ1) is 15.1. The van der Waals surface area contributed by atoms with E-state index in [4.69, 9.17) is 0 Å². The Labute approximate surface area is 180 Å². The van der Waals surface area contributed by atoms with Crippen molar-refractivity contribution in [1.29, 1.82) is 0 Å². The second-order valence-electron chi connectivity index (χ2n) is 8.39. The smallest absolute Gasteiger partial charge is 0.287 e. The molecule has 1 saturated carbocycles. The molecule has 3 heterocycles. The Balaban J connectivity index is 1.32. The summed E-state index contributed by atoms with van der Waals surface area (Å²) >= 11 is 0. The van der Waals surface area contributed by atoms with E-state index in [9.17, 15) is 9.90 Å². The first-order valence-corrected chi connectivity index (χ1v) is 10.9. The number of para-hydroxylation sites is 2. The third-order valence-electron chi connectivity index (χ3n) is 6.34. The molecule has 9 nitrogen and oxygen atoms in total. The van der Waals surface area contributed by atoms with Crippen molar-refractivity contribution >= 4 is 28.6 Å². The maximum Gasteiger partial charge on any atom is 0.287 e. The minimum atomic E-state index is -0.151. The van der Waals surface area contributed by atoms with Crippen LogP contribution in [0.3, 0.4) is 0 Å². The van der Waals surface area contributed by atoms with Crippen LogP contribution in [-0.2, 0) is 7.05 Å². The number of aromatic hydroxyl groups is 1. The van der Waals surface area contributed by atoms with E-state index in [1.54, 1.807) is 17.0 Å². The lowest BCUT2D eigenvalue weighted by atomic mass is 9.93. The molecule has 1 aliphatic heterocycles. The normalized spacial score (nSPS) is 17.5. The number of amides is 1. The van der Waals surface area contributed by atoms with Gasteiger partial charge in [-0.05, 0) is 44.2 Å². The molecule has 1 aliphatic carbocycles. The van der Waals surface area contributed by atoms with Crippen LogP contribution in [0.2, 0.25) is 0 Å². The Morgan fingerprint density at radius 1 is 1.10 bits per heavy atom. The molecule has 0 spiro atoms. The number of piperidine rings is 1. The van der Waals surface area contributed by atoms with Crippen LogP contribution in [0.25, 0.3) is 11.2 Å². The van der Waals surface area contributed by atoms with Crippen molar-refractivity contribution in [3.63, 3.8) is 0 Å². The summed E-state index contributed by atoms with van der Waals surface area (Å²) in [6, 6.07) is 7.84. The van der Waals surface area contributed by atoms with E-state index < -0.39 is 0 Å². The summed E-state index contributed by atoms with van der Waals surface area (Å²) in [7, 11) is 1.82. The van der Waals surface area contributed by atoms with Crippen molar-refractivity contribution in [2.45, 2.75) is 44.2 Å². The van der Waals surface area contributed by atoms with Crippen LogP contribution in [-0.4, -0.2) is 55.7 Å². The first-order valence-electron chi connectivity index (χ1n) is 10.9. The molecule has 5 rings (SSSR count). The van der Waals surface area contributed by atoms with Crippen LogP contribution in [0, 0.1) is 0 Å². The van der Waals surface area contributed by atoms with Crippen molar-refractivity contribution in [1.82, 2.24) is 24.8 Å². The number of nitrogens with one attached hydrogen (secondary N) is 2. The molecule has 1 amide bonds. The van der Waals surface area contributed by atoms with Crippen LogP contribution in [0.1, 0.15) is 42.7 Å². The number of aryl methyl sites for hydroxylation is 1. The monoisotopic (exact) mass is 421 g/mol. The number of phenolic OH excluding ortho intramolecular Hbond substituents is 1. The zero-order valence-electron chi connectivity index (χ0n) is 17.6. The number of rotatable bonds is 5. The molecule has 0 unspecified atom stereocenters. The minimum Gasteiger partial charge on any atom is -0.506 e. The highest BCUT2D eigenvalue weighted by molar-refractivity contribution is 5.96. The molecule has 3 aromatic rings. The molecule has 2 aliphatic rings. The fraction of sp³-hybridized carbons (Fsp3) is 0.455. The topological polar surface area (TPSA) is 108 Å². The predicted octanol–water partition coefficient (Wildman–Crippen LogP) is 2.43. The molecular formula is C22H27N7O2. The number of hydrogen-bond acceptors (Lipinski definition) is 7. The summed E-state index contributed by atoms with van der Waals surface area (Å²) in [5.41, 5.74) is 2.09. The van der Waals surface area contributed by atoms with Gasteiger partial charge >= 0.3 is 0 Å². The number of benzene rings is 1. The van der Waals surface area contributed by atoms with Crippen LogP contribution in [0.5, 0.6) is 5.75 Å². The van der Waals surface area contributed by atoms with Gasteiger partial charge in [0, 0.05) is 32.2 Å². The van der Waals surface area contributed by atoms with Gasteiger partial charge in [-0.3, -0.25) is 4.79 Å². The van der Waals surface area contributed by atoms with Gasteiger partial charge in [0.2, 0.25) is 5.82 Å². The molecule has 3 N–H and O–H groups in total. The van der Waals surface area contributed by atoms with Crippen molar-refractivity contribution in [2.24, 2.45) is 7.05 Å². The summed E-state index contributed by atoms with van der Waals surface area (Å²) in [6.45, 7) is 1.61. The predicted molar refractivity (Wildman–Crippen MR) is 118 cm³/mol. The molecule has 2 aromatic heterocycles. The Bertz CT molecular complexity index is 1100. The van der Waals surface area contributed by atoms with Gasteiger partial charge < -0.3 is 25.2 Å². The number of fused-ring (bicyclic) bond motifs is 1. The van der Waals surface area contributed by atoms with Gasteiger partial charge in [-0.2, -0.15) is 0 Å². The zero-order valence-corrected chi connectivity index (χ0v) is 17.6. The quantitative estimate of drug-likeness (QED) is 0.543. The fourth-order valence-electron chi connectivity index (χ4n) is 4.28. The van der Waals surface area contributed by atoms with Crippen molar-refractivity contribution < 1.29 is 9.90 Å². The van der Waals surface area contributed by atoms with Gasteiger partial charge in [-0.15, -0.1) is 0 Å². The zero-order chi connectivity index (χ0) is 21.4. The van der Waals surface area contributed by atoms with Crippen LogP contribution < -0.4 is 15.5 Å². The van der Waals surface area contributed by atoms with Crippen LogP contribution in [0.4, 0.5) is 11.5 Å². The number of aromatic nitrogens is 4. The third-order valence-corrected chi connectivity index (χ3v) is 6.34. The number of phenols is 1. The molecule has 1 aromatic carbocycles. The first kappa shape index (κ1) is 19.6. The molecule has 2 fully saturated rings. The van der Waals surface area contributed by atoms with E-state index in [1.165, 1.54) is 0 Å². The van der Waals surface area contributed by atoms with E-state index in [0.717, 1.165) is 56.7 Å². The molecule has 0 atom stereocenters. The van der Waals surface area contributed by atoms with Crippen molar-refractivity contribution in [2.75, 3.05) is 23.3 Å². The lowest BCUT2D eigenvalue weighted by Crippen LogP contribution is -2.40. The Kier molecular flexibility index (Phi) is 5.09. The lowest BCUT2D eigenvalue weighted by molar-refractivity contribution is 0.0903. The summed E-state index contributed by atoms with van der Waals surface area (Å²) in [6.07, 6.45) is 6.58. The van der Waals surface area contributed by atoms with Gasteiger partial charge in [0.15, 0.2) is 17.0 Å². The molecule has 1 saturated heterocycles. The SMILES string of the molecule is Cn1c(C(=O)NC2CCC2)nc2c(N3CCC(Nc4ccccc4O)CC3)ncnc21. The number of imidazole rings is 1. The highest BCUT2D eigenvalue weighted by atomic mass is 16.3. The van der Waals surface area contributed by atoms with Gasteiger partial charge in [0.25, 0.3) is 5.91 Å². The standard InChI is InChI=1S/C22H27N7O2/c1-28-19-18(27-21(28)22(31)26-14-5-4-6-14)20(24-13-23-19)29-11-9-15(10-12-29)25-16-7-2-3-8-17(16)30/h2-3,7-8,13-15,25,30H,4-6,9-12H2,1H3,(H,26,31). The lowest BCUT2D eigenvalue weighted by Gasteiger charge is -2.33. The summed E-state index contributed by atoms with van der Waals surface area (Å²) in [5, 5.41) is 16.5. The third kappa shape index (κ3) is 3.75. The minimum absolute atomic E-state index is 0.151. The number of hydrogen-bond donors (Lipinski definition) is 3. The van der Waals surface area contributed by atoms with Gasteiger partial charge in [-0.25, -0.2) is 15.0 Å². The number of carbonyl (C=O) groups is 1. The second-order valence-corrected chi connectivity index (χ2v) is 8.39. The Morgan fingerprint density at radius 3 is 2.58 bits per heavy atom. The van der Waals surface area contributed by atoms with E-state index in [1.807, 2.05) is 25.2 Å². The summed E-state index contributed by atoms with van der Waals surface area (Å²) in [5.74, 6) is 1.26. The van der Waals surface area contributed by atoms with Gasteiger partial charge in [-0.1, -0.05) is 12.1 Å². The summed E-state index contributed by atoms with van der Waals surface area (Å²) < 4.78 is 1.75. The second kappa shape index (κ2) is 8.05. The van der Waals surface area contributed by atoms with Crippen molar-refractivity contribution in [3.8, 4) is 5.75 Å². The molecular weight excluding hydrogens is 394 g/mol. The summed E-state index contributed by atoms with van der Waals surface area (Å²) in [4.78, 5) is 28.4. The molecule has 162 valence electrons. The number of anilines is 2. The molecule has 31 heavy (non-hydrogen) atoms. The average Bonchev–Trinajstić information content (AvgIpc) is 3.10. The largest absolute Gasteiger partial charge is 0.506 e. The highest BCUT2D eigenvalue weighted by Crippen LogP contribution is 2.29. The Morgan fingerprint density at radius 2 is 1.87 bits per heavy atom. The van der Waals surface area contributed by atoms with E-state index >= 15 is 0 Å². The van der Waals surface area contributed by atoms with E-state index in [0.29, 0.717) is 17.0 Å². The van der Waals surface area contributed by atoms with Crippen molar-refractivity contribution in [3.05, 3.63) is 36.4 Å². The molecule has 9 heteroatoms. The number of carbonyl (C=O) groups excluding carboxylic acids is 1. The highest BCUT2D eigenvalue weighted by Gasteiger charge is 2.27. The van der Waals surface area contributed by atoms with Gasteiger partial charge in [0.05, 0.1) is 5.69 Å². The Hall–Kier alpha value is -3.36. The molecule has 0 radical (unpaired) electrons. The van der Waals surface area contributed by atoms with E-state index in [2.05, 4.69) is 30.5 Å². The van der Waals surface area contributed by atoms with Crippen LogP contribution >= 0.6 is 0 Å². The maximum atomic E-state index is 12.7. The number of nitrogens with zero attached hydrogens (tertiary/aromatic N) is 5. The van der Waals surface area contributed by atoms with Crippen LogP contribution in [0.15, 0.2) is 30.6 Å². The average molecular weight is 422 g/mol. The molecule has 0 bridgehead atoms. The maximum absolute atomic E-state index is 12.7. The van der Waals surface area contributed by atoms with E-state index in [-0.39, 0.29) is 23.7 Å².